The minimum absolute atomic E-state index is 0.0229. The first-order valence-corrected chi connectivity index (χ1v) is 12.1. The number of aryl methyl sites for hydroxylation is 1. The molecule has 0 bridgehead atoms. The van der Waals surface area contributed by atoms with Crippen LogP contribution in [0, 0.1) is 18.7 Å². The molecule has 1 fully saturated rings. The molecule has 1 unspecified atom stereocenters. The van der Waals surface area contributed by atoms with Gasteiger partial charge >= 0.3 is 0 Å². The molecule has 0 radical (unpaired) electrons. The Morgan fingerprint density at radius 3 is 2.59 bits per heavy atom. The Bertz CT molecular complexity index is 1040. The van der Waals surface area contributed by atoms with Gasteiger partial charge in [0.2, 0.25) is 0 Å². The van der Waals surface area contributed by atoms with Crippen LogP contribution in [-0.2, 0) is 20.0 Å². The van der Waals surface area contributed by atoms with Crippen molar-refractivity contribution in [3.05, 3.63) is 75.5 Å². The number of nitrogens with zero attached hydrogens (tertiary/aromatic N) is 4. The lowest BCUT2D eigenvalue weighted by atomic mass is 9.84. The van der Waals surface area contributed by atoms with Gasteiger partial charge in [-0.25, -0.2) is 4.39 Å². The van der Waals surface area contributed by atoms with E-state index in [0.29, 0.717) is 17.9 Å². The van der Waals surface area contributed by atoms with Crippen LogP contribution in [0.5, 0.6) is 0 Å². The van der Waals surface area contributed by atoms with E-state index in [1.165, 1.54) is 28.7 Å². The summed E-state index contributed by atoms with van der Waals surface area (Å²) in [5, 5.41) is 6.28. The van der Waals surface area contributed by atoms with E-state index in [1.807, 2.05) is 59.5 Å². The van der Waals surface area contributed by atoms with Crippen molar-refractivity contribution in [1.82, 2.24) is 19.6 Å². The van der Waals surface area contributed by atoms with Crippen molar-refractivity contribution in [2.24, 2.45) is 13.0 Å². The third kappa shape index (κ3) is 4.94. The summed E-state index contributed by atoms with van der Waals surface area (Å²) in [7, 11) is 3.84. The Balaban J connectivity index is 1.48. The number of thiophene rings is 1. The highest BCUT2D eigenvalue weighted by Crippen LogP contribution is 2.29. The quantitative estimate of drug-likeness (QED) is 0.527. The molecule has 1 atom stereocenters. The van der Waals surface area contributed by atoms with Crippen molar-refractivity contribution >= 4 is 17.2 Å². The van der Waals surface area contributed by atoms with Crippen molar-refractivity contribution in [3.8, 4) is 0 Å². The topological polar surface area (TPSA) is 41.4 Å². The number of hydrogen-bond acceptors (Lipinski definition) is 4. The fourth-order valence-electron chi connectivity index (χ4n) is 4.67. The van der Waals surface area contributed by atoms with Gasteiger partial charge in [-0.3, -0.25) is 14.4 Å². The predicted molar refractivity (Wildman–Crippen MR) is 126 cm³/mol. The predicted octanol–water partition coefficient (Wildman–Crippen LogP) is 4.52. The molecule has 0 aliphatic carbocycles. The smallest absolute Gasteiger partial charge is 0.263 e. The molecule has 7 heteroatoms. The van der Waals surface area contributed by atoms with Gasteiger partial charge in [0, 0.05) is 37.9 Å². The first kappa shape index (κ1) is 22.7. The van der Waals surface area contributed by atoms with E-state index in [2.05, 4.69) is 16.9 Å². The van der Waals surface area contributed by atoms with Crippen LogP contribution in [0.3, 0.4) is 0 Å². The van der Waals surface area contributed by atoms with Crippen LogP contribution in [0.4, 0.5) is 4.39 Å². The molecule has 3 heterocycles. The first-order chi connectivity index (χ1) is 15.4. The largest absolute Gasteiger partial charge is 0.337 e. The molecular formula is C25H31FN4OS. The van der Waals surface area contributed by atoms with Gasteiger partial charge in [-0.2, -0.15) is 5.10 Å². The summed E-state index contributed by atoms with van der Waals surface area (Å²) in [6.07, 6.45) is 4.46. The minimum atomic E-state index is -0.195. The minimum Gasteiger partial charge on any atom is -0.337 e. The van der Waals surface area contributed by atoms with Crippen LogP contribution in [-0.4, -0.2) is 51.7 Å². The van der Waals surface area contributed by atoms with E-state index in [0.717, 1.165) is 37.4 Å². The highest BCUT2D eigenvalue weighted by molar-refractivity contribution is 7.12. The molecule has 0 saturated carbocycles. The van der Waals surface area contributed by atoms with Crippen molar-refractivity contribution in [2.75, 3.05) is 20.1 Å². The first-order valence-electron chi connectivity index (χ1n) is 11.2. The zero-order chi connectivity index (χ0) is 22.7. The summed E-state index contributed by atoms with van der Waals surface area (Å²) in [5.74, 6) is 0.156. The second-order valence-electron chi connectivity index (χ2n) is 8.75. The number of hydrogen-bond donors (Lipinski definition) is 0. The zero-order valence-electron chi connectivity index (χ0n) is 19.0. The highest BCUT2D eigenvalue weighted by atomic mass is 32.1. The standard InChI is InChI=1S/C25H31FN4OS/c1-18-21(16-27-29(18)3)17-30-12-10-19(11-13-30)23(15-20-7-4-5-8-22(20)26)28(2)25(31)24-9-6-14-32-24/h4-9,14,16,19,23H,10-13,15,17H2,1-3H3. The molecule has 170 valence electrons. The van der Waals surface area contributed by atoms with Crippen LogP contribution in [0.25, 0.3) is 0 Å². The molecule has 32 heavy (non-hydrogen) atoms. The maximum Gasteiger partial charge on any atom is 0.263 e. The van der Waals surface area contributed by atoms with Crippen LogP contribution in [0.2, 0.25) is 0 Å². The molecule has 3 aromatic rings. The van der Waals surface area contributed by atoms with Crippen molar-refractivity contribution in [1.29, 1.82) is 0 Å². The van der Waals surface area contributed by atoms with Crippen molar-refractivity contribution < 1.29 is 9.18 Å². The summed E-state index contributed by atoms with van der Waals surface area (Å²) >= 11 is 1.46. The Morgan fingerprint density at radius 1 is 1.22 bits per heavy atom. The number of aromatic nitrogens is 2. The summed E-state index contributed by atoms with van der Waals surface area (Å²) in [6, 6.07) is 10.7. The SMILES string of the molecule is Cc1c(CN2CCC(C(Cc3ccccc3F)N(C)C(=O)c3cccs3)CC2)cnn1C. The van der Waals surface area contributed by atoms with Crippen molar-refractivity contribution in [2.45, 2.75) is 38.8 Å². The van der Waals surface area contributed by atoms with E-state index in [1.54, 1.807) is 6.07 Å². The van der Waals surface area contributed by atoms with E-state index in [-0.39, 0.29) is 17.8 Å². The number of amides is 1. The summed E-state index contributed by atoms with van der Waals surface area (Å²) < 4.78 is 16.4. The summed E-state index contributed by atoms with van der Waals surface area (Å²) in [4.78, 5) is 18.2. The van der Waals surface area contributed by atoms with Gasteiger partial charge in [0.25, 0.3) is 5.91 Å². The monoisotopic (exact) mass is 454 g/mol. The Morgan fingerprint density at radius 2 is 1.97 bits per heavy atom. The van der Waals surface area contributed by atoms with E-state index < -0.39 is 0 Å². The van der Waals surface area contributed by atoms with Gasteiger partial charge in [-0.15, -0.1) is 11.3 Å². The lowest BCUT2D eigenvalue weighted by molar-refractivity contribution is 0.0587. The molecule has 1 aliphatic rings. The molecule has 5 nitrogen and oxygen atoms in total. The maximum absolute atomic E-state index is 14.5. The number of halogens is 1. The zero-order valence-corrected chi connectivity index (χ0v) is 19.8. The van der Waals surface area contributed by atoms with E-state index in [9.17, 15) is 9.18 Å². The molecule has 0 N–H and O–H groups in total. The number of carbonyl (C=O) groups is 1. The van der Waals surface area contributed by atoms with E-state index >= 15 is 0 Å². The molecule has 1 aromatic carbocycles. The molecule has 1 aliphatic heterocycles. The van der Waals surface area contributed by atoms with Gasteiger partial charge in [0.15, 0.2) is 0 Å². The van der Waals surface area contributed by atoms with Crippen molar-refractivity contribution in [3.63, 3.8) is 0 Å². The molecule has 0 spiro atoms. The van der Waals surface area contributed by atoms with Crippen LogP contribution in [0.15, 0.2) is 48.0 Å². The Hall–Kier alpha value is -2.51. The second-order valence-corrected chi connectivity index (χ2v) is 9.70. The van der Waals surface area contributed by atoms with Gasteiger partial charge in [0.05, 0.1) is 11.1 Å². The summed E-state index contributed by atoms with van der Waals surface area (Å²) in [5.41, 5.74) is 3.14. The van der Waals surface area contributed by atoms with Gasteiger partial charge in [-0.1, -0.05) is 24.3 Å². The van der Waals surface area contributed by atoms with Gasteiger partial charge in [-0.05, 0) is 68.3 Å². The number of benzene rings is 1. The highest BCUT2D eigenvalue weighted by Gasteiger charge is 2.33. The summed E-state index contributed by atoms with van der Waals surface area (Å²) in [6.45, 7) is 4.93. The van der Waals surface area contributed by atoms with Gasteiger partial charge in [0.1, 0.15) is 5.82 Å². The third-order valence-electron chi connectivity index (χ3n) is 6.84. The molecule has 1 saturated heterocycles. The number of likely N-dealkylation sites (tertiary alicyclic amines) is 1. The molecule has 1 amide bonds. The lowest BCUT2D eigenvalue weighted by Gasteiger charge is -2.40. The number of likely N-dealkylation sites (N-methyl/N-ethyl adjacent to an activating group) is 1. The average molecular weight is 455 g/mol. The number of piperidine rings is 1. The van der Waals surface area contributed by atoms with E-state index in [4.69, 9.17) is 0 Å². The normalized spacial score (nSPS) is 16.2. The third-order valence-corrected chi connectivity index (χ3v) is 7.70. The lowest BCUT2D eigenvalue weighted by Crippen LogP contribution is -2.47. The fraction of sp³-hybridized carbons (Fsp3) is 0.440. The Labute approximate surface area is 193 Å². The molecular weight excluding hydrogens is 423 g/mol. The van der Waals surface area contributed by atoms with Gasteiger partial charge < -0.3 is 4.90 Å². The molecule has 4 rings (SSSR count). The number of carbonyl (C=O) groups excluding carboxylic acids is 1. The number of rotatable bonds is 7. The Kier molecular flexibility index (Phi) is 7.06. The maximum atomic E-state index is 14.5. The second kappa shape index (κ2) is 9.96. The molecule has 2 aromatic heterocycles. The van der Waals surface area contributed by atoms with Crippen LogP contribution < -0.4 is 0 Å². The average Bonchev–Trinajstić information content (AvgIpc) is 3.45. The fourth-order valence-corrected chi connectivity index (χ4v) is 5.38. The van der Waals surface area contributed by atoms with Crippen LogP contribution >= 0.6 is 11.3 Å². The van der Waals surface area contributed by atoms with Crippen LogP contribution in [0.1, 0.15) is 39.3 Å².